The van der Waals surface area contributed by atoms with Gasteiger partial charge in [-0.1, -0.05) is 0 Å². The number of fused-ring (bicyclic) bond motifs is 1. The van der Waals surface area contributed by atoms with Crippen molar-refractivity contribution in [2.24, 2.45) is 0 Å². The molecule has 0 unspecified atom stereocenters. The lowest BCUT2D eigenvalue weighted by molar-refractivity contribution is -0.120. The summed E-state index contributed by atoms with van der Waals surface area (Å²) >= 11 is 0. The number of carbonyl (C=O) groups excluding carboxylic acids is 1. The van der Waals surface area contributed by atoms with E-state index in [2.05, 4.69) is 0 Å². The molecule has 2 rings (SSSR count). The molecule has 0 fully saturated rings. The highest BCUT2D eigenvalue weighted by atomic mass is 16.5. The van der Waals surface area contributed by atoms with Crippen LogP contribution in [0.15, 0.2) is 18.2 Å². The predicted molar refractivity (Wildman–Crippen MR) is 74.4 cm³/mol. The van der Waals surface area contributed by atoms with E-state index >= 15 is 0 Å². The summed E-state index contributed by atoms with van der Waals surface area (Å²) in [5, 5.41) is 0. The summed E-state index contributed by atoms with van der Waals surface area (Å²) in [5.41, 5.74) is 6.74. The highest BCUT2D eigenvalue weighted by Gasteiger charge is 2.34. The van der Waals surface area contributed by atoms with Crippen molar-refractivity contribution in [2.45, 2.75) is 25.9 Å². The highest BCUT2D eigenvalue weighted by Crippen LogP contribution is 2.38. The maximum atomic E-state index is 12.3. The highest BCUT2D eigenvalue weighted by molar-refractivity contribution is 5.96. The van der Waals surface area contributed by atoms with Gasteiger partial charge in [0.15, 0.2) is 0 Å². The summed E-state index contributed by atoms with van der Waals surface area (Å²) in [7, 11) is 1.59. The molecule has 2 N–H and O–H groups in total. The number of carbonyl (C=O) groups is 1. The van der Waals surface area contributed by atoms with E-state index in [-0.39, 0.29) is 5.91 Å². The van der Waals surface area contributed by atoms with Crippen molar-refractivity contribution < 1.29 is 14.3 Å². The lowest BCUT2D eigenvalue weighted by Gasteiger charge is -2.39. The van der Waals surface area contributed by atoms with E-state index in [1.54, 1.807) is 24.1 Å². The maximum absolute atomic E-state index is 12.3. The molecule has 1 heterocycles. The number of nitrogen functional groups attached to an aromatic ring is 1. The number of methoxy groups -OCH3 is 1. The van der Waals surface area contributed by atoms with Gasteiger partial charge in [-0.25, -0.2) is 0 Å². The molecular formula is C14H20N2O3. The molecule has 0 aromatic heterocycles. The van der Waals surface area contributed by atoms with Crippen LogP contribution in [-0.4, -0.2) is 31.8 Å². The second kappa shape index (κ2) is 5.09. The van der Waals surface area contributed by atoms with E-state index < -0.39 is 5.60 Å². The Balaban J connectivity index is 2.33. The number of ether oxygens (including phenoxy) is 2. The summed E-state index contributed by atoms with van der Waals surface area (Å²) in [6.07, 6.45) is 0.348. The molecule has 0 spiro atoms. The fourth-order valence-electron chi connectivity index (χ4n) is 2.17. The van der Waals surface area contributed by atoms with Gasteiger partial charge in [0.05, 0.1) is 25.3 Å². The molecule has 19 heavy (non-hydrogen) atoms. The van der Waals surface area contributed by atoms with Crippen LogP contribution in [0, 0.1) is 0 Å². The molecule has 0 atom stereocenters. The largest absolute Gasteiger partial charge is 0.484 e. The minimum absolute atomic E-state index is 0.0186. The first-order valence-corrected chi connectivity index (χ1v) is 6.31. The first kappa shape index (κ1) is 13.7. The smallest absolute Gasteiger partial charge is 0.229 e. The Morgan fingerprint density at radius 1 is 1.53 bits per heavy atom. The van der Waals surface area contributed by atoms with Crippen molar-refractivity contribution in [3.05, 3.63) is 18.2 Å². The Hall–Kier alpha value is -1.75. The number of rotatable bonds is 3. The van der Waals surface area contributed by atoms with E-state index in [1.807, 2.05) is 19.9 Å². The number of nitrogens with two attached hydrogens (primary N) is 1. The first-order valence-electron chi connectivity index (χ1n) is 6.31. The standard InChI is InChI=1S/C14H20N2O3/c1-14(2)9-16(13(17)6-7-18-3)11-8-10(15)4-5-12(11)19-14/h4-5,8H,6-7,9,15H2,1-3H3. The normalized spacial score (nSPS) is 16.7. The van der Waals surface area contributed by atoms with Crippen molar-refractivity contribution in [1.29, 1.82) is 0 Å². The molecule has 5 heteroatoms. The fourth-order valence-corrected chi connectivity index (χ4v) is 2.17. The zero-order valence-corrected chi connectivity index (χ0v) is 11.6. The van der Waals surface area contributed by atoms with Crippen LogP contribution in [0.1, 0.15) is 20.3 Å². The molecule has 0 aliphatic carbocycles. The molecule has 0 saturated heterocycles. The molecule has 1 aromatic rings. The molecule has 1 aliphatic rings. The van der Waals surface area contributed by atoms with Gasteiger partial charge in [-0.2, -0.15) is 0 Å². The van der Waals surface area contributed by atoms with Crippen molar-refractivity contribution in [1.82, 2.24) is 0 Å². The summed E-state index contributed by atoms with van der Waals surface area (Å²) < 4.78 is 10.8. The third-order valence-electron chi connectivity index (χ3n) is 3.02. The van der Waals surface area contributed by atoms with Crippen LogP contribution in [0.5, 0.6) is 5.75 Å². The Morgan fingerprint density at radius 2 is 2.26 bits per heavy atom. The molecule has 0 bridgehead atoms. The molecule has 0 radical (unpaired) electrons. The molecule has 0 saturated carbocycles. The Kier molecular flexibility index (Phi) is 3.66. The molecular weight excluding hydrogens is 244 g/mol. The molecule has 1 amide bonds. The number of nitrogens with zero attached hydrogens (tertiary/aromatic N) is 1. The monoisotopic (exact) mass is 264 g/mol. The van der Waals surface area contributed by atoms with E-state index in [0.29, 0.717) is 31.0 Å². The van der Waals surface area contributed by atoms with Crippen molar-refractivity contribution in [2.75, 3.05) is 30.9 Å². The predicted octanol–water partition coefficient (Wildman–Crippen LogP) is 1.81. The summed E-state index contributed by atoms with van der Waals surface area (Å²) in [4.78, 5) is 14.0. The fraction of sp³-hybridized carbons (Fsp3) is 0.500. The van der Waals surface area contributed by atoms with Gasteiger partial charge in [-0.3, -0.25) is 4.79 Å². The maximum Gasteiger partial charge on any atom is 0.229 e. The van der Waals surface area contributed by atoms with Gasteiger partial charge in [0, 0.05) is 12.8 Å². The third kappa shape index (κ3) is 2.98. The van der Waals surface area contributed by atoms with Crippen molar-refractivity contribution in [3.8, 4) is 5.75 Å². The van der Waals surface area contributed by atoms with Crippen LogP contribution >= 0.6 is 0 Å². The summed E-state index contributed by atoms with van der Waals surface area (Å²) in [6.45, 7) is 4.84. The quantitative estimate of drug-likeness (QED) is 0.846. The van der Waals surface area contributed by atoms with Gasteiger partial charge in [0.1, 0.15) is 11.4 Å². The minimum atomic E-state index is -0.411. The van der Waals surface area contributed by atoms with E-state index in [4.69, 9.17) is 15.2 Å². The molecule has 104 valence electrons. The van der Waals surface area contributed by atoms with Gasteiger partial charge >= 0.3 is 0 Å². The SMILES string of the molecule is COCCC(=O)N1CC(C)(C)Oc2ccc(N)cc21. The number of hydrogen-bond acceptors (Lipinski definition) is 4. The first-order chi connectivity index (χ1) is 8.93. The number of anilines is 2. The number of hydrogen-bond donors (Lipinski definition) is 1. The Morgan fingerprint density at radius 3 is 2.95 bits per heavy atom. The van der Waals surface area contributed by atoms with Crippen molar-refractivity contribution >= 4 is 17.3 Å². The number of amides is 1. The molecule has 1 aliphatic heterocycles. The molecule has 5 nitrogen and oxygen atoms in total. The van der Waals surface area contributed by atoms with Gasteiger partial charge in [-0.15, -0.1) is 0 Å². The van der Waals surface area contributed by atoms with Crippen LogP contribution in [0.2, 0.25) is 0 Å². The average molecular weight is 264 g/mol. The molecule has 1 aromatic carbocycles. The van der Waals surface area contributed by atoms with Gasteiger partial charge in [0.25, 0.3) is 0 Å². The zero-order valence-electron chi connectivity index (χ0n) is 11.6. The summed E-state index contributed by atoms with van der Waals surface area (Å²) in [6, 6.07) is 5.36. The average Bonchev–Trinajstić information content (AvgIpc) is 2.35. The topological polar surface area (TPSA) is 64.8 Å². The van der Waals surface area contributed by atoms with Gasteiger partial charge < -0.3 is 20.1 Å². The van der Waals surface area contributed by atoms with Crippen LogP contribution in [-0.2, 0) is 9.53 Å². The van der Waals surface area contributed by atoms with Crippen molar-refractivity contribution in [3.63, 3.8) is 0 Å². The zero-order chi connectivity index (χ0) is 14.0. The van der Waals surface area contributed by atoms with Crippen LogP contribution < -0.4 is 15.4 Å². The van der Waals surface area contributed by atoms with Crippen LogP contribution in [0.25, 0.3) is 0 Å². The van der Waals surface area contributed by atoms with Gasteiger partial charge in [0.2, 0.25) is 5.91 Å². The number of benzene rings is 1. The van der Waals surface area contributed by atoms with E-state index in [0.717, 1.165) is 5.69 Å². The van der Waals surface area contributed by atoms with Crippen LogP contribution in [0.4, 0.5) is 11.4 Å². The van der Waals surface area contributed by atoms with E-state index in [1.165, 1.54) is 0 Å². The lowest BCUT2D eigenvalue weighted by atomic mass is 10.0. The third-order valence-corrected chi connectivity index (χ3v) is 3.02. The lowest BCUT2D eigenvalue weighted by Crippen LogP contribution is -2.49. The second-order valence-electron chi connectivity index (χ2n) is 5.31. The Labute approximate surface area is 113 Å². The van der Waals surface area contributed by atoms with E-state index in [9.17, 15) is 4.79 Å². The Bertz CT molecular complexity index is 486. The second-order valence-corrected chi connectivity index (χ2v) is 5.31. The summed E-state index contributed by atoms with van der Waals surface area (Å²) in [5.74, 6) is 0.710. The minimum Gasteiger partial charge on any atom is -0.484 e. The van der Waals surface area contributed by atoms with Crippen LogP contribution in [0.3, 0.4) is 0 Å². The van der Waals surface area contributed by atoms with Gasteiger partial charge in [-0.05, 0) is 32.0 Å².